The van der Waals surface area contributed by atoms with E-state index in [2.05, 4.69) is 26.1 Å². The fourth-order valence-corrected chi connectivity index (χ4v) is 2.14. The second-order valence-corrected chi connectivity index (χ2v) is 5.51. The number of nitrogens with two attached hydrogens (primary N) is 1. The van der Waals surface area contributed by atoms with E-state index in [1.807, 2.05) is 0 Å². The first kappa shape index (κ1) is 13.5. The Morgan fingerprint density at radius 3 is 2.50 bits per heavy atom. The molecule has 0 aliphatic heterocycles. The Bertz CT molecular complexity index is 228. The highest BCUT2D eigenvalue weighted by Gasteiger charge is 2.33. The molecule has 94 valence electrons. The molecule has 0 bridgehead atoms. The van der Waals surface area contributed by atoms with Crippen molar-refractivity contribution in [2.24, 2.45) is 23.5 Å². The summed E-state index contributed by atoms with van der Waals surface area (Å²) in [7, 11) is 0. The van der Waals surface area contributed by atoms with Crippen molar-refractivity contribution >= 4 is 5.91 Å². The monoisotopic (exact) mass is 226 g/mol. The lowest BCUT2D eigenvalue weighted by Crippen LogP contribution is -2.27. The van der Waals surface area contributed by atoms with E-state index < -0.39 is 0 Å². The van der Waals surface area contributed by atoms with Gasteiger partial charge >= 0.3 is 0 Å². The van der Waals surface area contributed by atoms with Gasteiger partial charge in [0.15, 0.2) is 0 Å². The van der Waals surface area contributed by atoms with Gasteiger partial charge in [-0.3, -0.25) is 4.79 Å². The highest BCUT2D eigenvalue weighted by Crippen LogP contribution is 2.29. The fraction of sp³-hybridized carbons (Fsp3) is 0.923. The van der Waals surface area contributed by atoms with E-state index in [1.165, 1.54) is 0 Å². The van der Waals surface area contributed by atoms with E-state index in [0.717, 1.165) is 25.8 Å². The Morgan fingerprint density at radius 1 is 1.44 bits per heavy atom. The second kappa shape index (κ2) is 6.24. The fourth-order valence-electron chi connectivity index (χ4n) is 2.14. The molecular weight excluding hydrogens is 200 g/mol. The van der Waals surface area contributed by atoms with E-state index >= 15 is 0 Å². The van der Waals surface area contributed by atoms with Crippen molar-refractivity contribution < 1.29 is 4.79 Å². The largest absolute Gasteiger partial charge is 0.353 e. The van der Waals surface area contributed by atoms with Gasteiger partial charge in [-0.05, 0) is 43.6 Å². The topological polar surface area (TPSA) is 55.1 Å². The Labute approximate surface area is 99.2 Å². The van der Waals surface area contributed by atoms with E-state index in [1.54, 1.807) is 0 Å². The summed E-state index contributed by atoms with van der Waals surface area (Å²) in [5, 5.41) is 3.07. The lowest BCUT2D eigenvalue weighted by Gasteiger charge is -2.19. The van der Waals surface area contributed by atoms with Crippen LogP contribution in [0.15, 0.2) is 0 Å². The summed E-state index contributed by atoms with van der Waals surface area (Å²) in [6.45, 7) is 7.32. The summed E-state index contributed by atoms with van der Waals surface area (Å²) in [6.07, 6.45) is 3.82. The number of hydrogen-bond donors (Lipinski definition) is 2. The molecule has 3 unspecified atom stereocenters. The first-order valence-electron chi connectivity index (χ1n) is 6.54. The number of rotatable bonds is 7. The van der Waals surface area contributed by atoms with Gasteiger partial charge in [-0.25, -0.2) is 0 Å². The molecule has 0 aromatic rings. The van der Waals surface area contributed by atoms with E-state index in [9.17, 15) is 4.79 Å². The molecule has 0 aromatic carbocycles. The number of hydrogen-bond acceptors (Lipinski definition) is 2. The molecule has 1 aliphatic carbocycles. The van der Waals surface area contributed by atoms with Crippen molar-refractivity contribution in [3.05, 3.63) is 0 Å². The Kier molecular flexibility index (Phi) is 5.26. The molecule has 1 amide bonds. The van der Waals surface area contributed by atoms with Crippen LogP contribution in [0.4, 0.5) is 0 Å². The summed E-state index contributed by atoms with van der Waals surface area (Å²) >= 11 is 0. The van der Waals surface area contributed by atoms with Crippen LogP contribution in [0, 0.1) is 17.8 Å². The van der Waals surface area contributed by atoms with Crippen molar-refractivity contribution in [1.82, 2.24) is 5.32 Å². The molecule has 0 spiro atoms. The van der Waals surface area contributed by atoms with Gasteiger partial charge in [-0.1, -0.05) is 20.8 Å². The van der Waals surface area contributed by atoms with E-state index in [0.29, 0.717) is 30.2 Å². The van der Waals surface area contributed by atoms with Gasteiger partial charge in [-0.2, -0.15) is 0 Å². The third kappa shape index (κ3) is 4.52. The van der Waals surface area contributed by atoms with Crippen molar-refractivity contribution in [2.45, 2.75) is 52.5 Å². The van der Waals surface area contributed by atoms with E-state index in [4.69, 9.17) is 5.73 Å². The molecule has 3 atom stereocenters. The summed E-state index contributed by atoms with van der Waals surface area (Å²) in [6, 6.07) is 0.458. The SMILES string of the molecule is CC(C)C(CCN)CCC(=O)NC1CC1C. The first-order chi connectivity index (χ1) is 7.54. The van der Waals surface area contributed by atoms with E-state index in [-0.39, 0.29) is 5.91 Å². The zero-order chi connectivity index (χ0) is 12.1. The van der Waals surface area contributed by atoms with Crippen LogP contribution in [0.5, 0.6) is 0 Å². The average molecular weight is 226 g/mol. The van der Waals surface area contributed by atoms with Crippen molar-refractivity contribution in [3.8, 4) is 0 Å². The predicted molar refractivity (Wildman–Crippen MR) is 66.9 cm³/mol. The van der Waals surface area contributed by atoms with Gasteiger partial charge in [0.25, 0.3) is 0 Å². The summed E-state index contributed by atoms with van der Waals surface area (Å²) < 4.78 is 0. The number of nitrogens with one attached hydrogen (secondary N) is 1. The molecule has 16 heavy (non-hydrogen) atoms. The molecule has 0 aromatic heterocycles. The minimum Gasteiger partial charge on any atom is -0.353 e. The second-order valence-electron chi connectivity index (χ2n) is 5.51. The third-order valence-corrected chi connectivity index (χ3v) is 3.68. The lowest BCUT2D eigenvalue weighted by molar-refractivity contribution is -0.121. The minimum absolute atomic E-state index is 0.219. The third-order valence-electron chi connectivity index (χ3n) is 3.68. The highest BCUT2D eigenvalue weighted by atomic mass is 16.1. The van der Waals surface area contributed by atoms with Crippen molar-refractivity contribution in [3.63, 3.8) is 0 Å². The molecule has 0 radical (unpaired) electrons. The number of carbonyl (C=O) groups excluding carboxylic acids is 1. The Balaban J connectivity index is 2.17. The maximum absolute atomic E-state index is 11.6. The van der Waals surface area contributed by atoms with Gasteiger partial charge in [-0.15, -0.1) is 0 Å². The van der Waals surface area contributed by atoms with Crippen LogP contribution in [0.1, 0.15) is 46.5 Å². The molecule has 1 fully saturated rings. The molecule has 1 aliphatic rings. The van der Waals surface area contributed by atoms with Crippen LogP contribution < -0.4 is 11.1 Å². The maximum atomic E-state index is 11.6. The van der Waals surface area contributed by atoms with Gasteiger partial charge in [0.05, 0.1) is 0 Å². The first-order valence-corrected chi connectivity index (χ1v) is 6.54. The number of amides is 1. The van der Waals surface area contributed by atoms with Crippen LogP contribution >= 0.6 is 0 Å². The highest BCUT2D eigenvalue weighted by molar-refractivity contribution is 5.76. The molecular formula is C13H26N2O. The molecule has 0 saturated heterocycles. The summed E-state index contributed by atoms with van der Waals surface area (Å²) in [5.74, 6) is 2.12. The van der Waals surface area contributed by atoms with Gasteiger partial charge in [0.1, 0.15) is 0 Å². The molecule has 3 N–H and O–H groups in total. The molecule has 1 rings (SSSR count). The summed E-state index contributed by atoms with van der Waals surface area (Å²) in [4.78, 5) is 11.6. The van der Waals surface area contributed by atoms with Crippen LogP contribution in [0.25, 0.3) is 0 Å². The standard InChI is InChI=1S/C13H26N2O/c1-9(2)11(6-7-14)4-5-13(16)15-12-8-10(12)3/h9-12H,4-8,14H2,1-3H3,(H,15,16). The minimum atomic E-state index is 0.219. The maximum Gasteiger partial charge on any atom is 0.220 e. The van der Waals surface area contributed by atoms with Crippen LogP contribution in [0.2, 0.25) is 0 Å². The van der Waals surface area contributed by atoms with Crippen LogP contribution in [-0.2, 0) is 4.79 Å². The van der Waals surface area contributed by atoms with Crippen molar-refractivity contribution in [1.29, 1.82) is 0 Å². The zero-order valence-corrected chi connectivity index (χ0v) is 10.8. The Morgan fingerprint density at radius 2 is 2.06 bits per heavy atom. The molecule has 0 heterocycles. The van der Waals surface area contributed by atoms with Crippen molar-refractivity contribution in [2.75, 3.05) is 6.54 Å². The predicted octanol–water partition coefficient (Wildman–Crippen LogP) is 1.91. The van der Waals surface area contributed by atoms with Gasteiger partial charge in [0, 0.05) is 12.5 Å². The molecule has 1 saturated carbocycles. The van der Waals surface area contributed by atoms with Gasteiger partial charge < -0.3 is 11.1 Å². The quantitative estimate of drug-likeness (QED) is 0.697. The normalized spacial score (nSPS) is 25.6. The smallest absolute Gasteiger partial charge is 0.220 e. The number of carbonyl (C=O) groups is 1. The lowest BCUT2D eigenvalue weighted by atomic mass is 9.88. The zero-order valence-electron chi connectivity index (χ0n) is 10.8. The van der Waals surface area contributed by atoms with Crippen LogP contribution in [-0.4, -0.2) is 18.5 Å². The van der Waals surface area contributed by atoms with Crippen LogP contribution in [0.3, 0.4) is 0 Å². The van der Waals surface area contributed by atoms with Gasteiger partial charge in [0.2, 0.25) is 5.91 Å². The Hall–Kier alpha value is -0.570. The molecule has 3 nitrogen and oxygen atoms in total. The average Bonchev–Trinajstić information content (AvgIpc) is 2.88. The molecule has 3 heteroatoms. The summed E-state index contributed by atoms with van der Waals surface area (Å²) in [5.41, 5.74) is 5.58.